The van der Waals surface area contributed by atoms with Gasteiger partial charge in [0.25, 0.3) is 0 Å². The fraction of sp³-hybridized carbons (Fsp3) is 0.429. The molecule has 1 aliphatic heterocycles. The molecule has 1 saturated carbocycles. The minimum atomic E-state index is -0.159. The van der Waals surface area contributed by atoms with Crippen molar-refractivity contribution in [2.45, 2.75) is 45.4 Å². The summed E-state index contributed by atoms with van der Waals surface area (Å²) in [5.74, 6) is 2.94. The average Bonchev–Trinajstić information content (AvgIpc) is 3.36. The van der Waals surface area contributed by atoms with Gasteiger partial charge in [0.1, 0.15) is 17.8 Å². The lowest BCUT2D eigenvalue weighted by molar-refractivity contribution is 0.269. The monoisotopic (exact) mass is 421 g/mol. The number of nitrogen functional groups attached to an aromatic ring is 1. The first-order valence-electron chi connectivity index (χ1n) is 10.6. The number of rotatable bonds is 7. The number of fused-ring (bicyclic) bond motifs is 1. The predicted molar refractivity (Wildman–Crippen MR) is 120 cm³/mol. The van der Waals surface area contributed by atoms with Gasteiger partial charge in [-0.1, -0.05) is 0 Å². The molecule has 1 unspecified atom stereocenters. The van der Waals surface area contributed by atoms with Crippen LogP contribution >= 0.6 is 0 Å². The fourth-order valence-corrected chi connectivity index (χ4v) is 3.98. The second-order valence-corrected chi connectivity index (χ2v) is 8.41. The Balaban J connectivity index is 1.38. The summed E-state index contributed by atoms with van der Waals surface area (Å²) in [6, 6.07) is 3.97. The molecule has 2 aliphatic rings. The molecular formula is C21H27N9O. The molecule has 10 nitrogen and oxygen atoms in total. The van der Waals surface area contributed by atoms with Gasteiger partial charge in [-0.25, -0.2) is 15.0 Å². The van der Waals surface area contributed by atoms with Crippen molar-refractivity contribution in [3.05, 3.63) is 30.7 Å². The van der Waals surface area contributed by atoms with Crippen LogP contribution in [0.25, 0.3) is 11.4 Å². The van der Waals surface area contributed by atoms with Crippen molar-refractivity contribution >= 4 is 28.8 Å². The van der Waals surface area contributed by atoms with Crippen LogP contribution in [0.15, 0.2) is 30.7 Å². The summed E-state index contributed by atoms with van der Waals surface area (Å²) in [5, 5.41) is 20.7. The number of aliphatic hydroxyl groups is 1. The van der Waals surface area contributed by atoms with Gasteiger partial charge >= 0.3 is 0 Å². The Morgan fingerprint density at radius 2 is 2.13 bits per heavy atom. The minimum Gasteiger partial charge on any atom is -0.392 e. The summed E-state index contributed by atoms with van der Waals surface area (Å²) in [6.45, 7) is 5.09. The molecule has 0 radical (unpaired) electrons. The van der Waals surface area contributed by atoms with Crippen LogP contribution in [0.3, 0.4) is 0 Å². The molecule has 0 saturated heterocycles. The summed E-state index contributed by atoms with van der Waals surface area (Å²) in [4.78, 5) is 15.6. The number of nitrogens with one attached hydrogen (secondary N) is 2. The van der Waals surface area contributed by atoms with Crippen LogP contribution in [0.4, 0.5) is 28.8 Å². The van der Waals surface area contributed by atoms with Crippen molar-refractivity contribution in [2.75, 3.05) is 27.9 Å². The highest BCUT2D eigenvalue weighted by Crippen LogP contribution is 2.37. The van der Waals surface area contributed by atoms with E-state index >= 15 is 0 Å². The maximum Gasteiger partial charge on any atom is 0.166 e. The third kappa shape index (κ3) is 3.86. The van der Waals surface area contributed by atoms with Crippen LogP contribution in [-0.4, -0.2) is 48.7 Å². The van der Waals surface area contributed by atoms with E-state index < -0.39 is 0 Å². The van der Waals surface area contributed by atoms with Gasteiger partial charge in [0.2, 0.25) is 0 Å². The highest BCUT2D eigenvalue weighted by molar-refractivity contribution is 5.79. The van der Waals surface area contributed by atoms with Crippen LogP contribution < -0.4 is 21.3 Å². The minimum absolute atomic E-state index is 0.0146. The molecule has 0 amide bonds. The quantitative estimate of drug-likeness (QED) is 0.454. The van der Waals surface area contributed by atoms with E-state index in [9.17, 15) is 5.11 Å². The number of aromatic nitrogens is 5. The van der Waals surface area contributed by atoms with E-state index in [1.54, 1.807) is 18.5 Å². The third-order valence-corrected chi connectivity index (χ3v) is 5.63. The first-order valence-corrected chi connectivity index (χ1v) is 10.6. The largest absolute Gasteiger partial charge is 0.392 e. The molecule has 1 atom stereocenters. The first-order chi connectivity index (χ1) is 15.0. The topological polar surface area (TPSA) is 130 Å². The molecule has 0 aromatic carbocycles. The number of nitrogens with two attached hydrogens (primary N) is 1. The molecule has 1 fully saturated rings. The van der Waals surface area contributed by atoms with Crippen molar-refractivity contribution in [1.29, 1.82) is 0 Å². The highest BCUT2D eigenvalue weighted by atomic mass is 16.3. The summed E-state index contributed by atoms with van der Waals surface area (Å²) >= 11 is 0. The van der Waals surface area contributed by atoms with Crippen LogP contribution in [0, 0.1) is 5.92 Å². The zero-order valence-corrected chi connectivity index (χ0v) is 17.7. The van der Waals surface area contributed by atoms with E-state index in [0.29, 0.717) is 29.2 Å². The number of anilines is 5. The smallest absolute Gasteiger partial charge is 0.166 e. The Bertz CT molecular complexity index is 1090. The molecule has 5 N–H and O–H groups in total. The van der Waals surface area contributed by atoms with Crippen LogP contribution in [-0.2, 0) is 6.54 Å². The molecule has 5 rings (SSSR count). The second-order valence-electron chi connectivity index (χ2n) is 8.41. The van der Waals surface area contributed by atoms with Gasteiger partial charge in [-0.3, -0.25) is 4.68 Å². The van der Waals surface area contributed by atoms with Gasteiger partial charge in [-0.15, -0.1) is 0 Å². The third-order valence-electron chi connectivity index (χ3n) is 5.63. The molecule has 10 heteroatoms. The van der Waals surface area contributed by atoms with Gasteiger partial charge in [-0.2, -0.15) is 5.10 Å². The zero-order chi connectivity index (χ0) is 21.5. The van der Waals surface area contributed by atoms with Gasteiger partial charge in [0, 0.05) is 31.0 Å². The second kappa shape index (κ2) is 7.69. The van der Waals surface area contributed by atoms with E-state index in [1.807, 2.05) is 16.9 Å². The lowest BCUT2D eigenvalue weighted by Crippen LogP contribution is -2.42. The number of pyridine rings is 1. The predicted octanol–water partition coefficient (Wildman–Crippen LogP) is 2.43. The Morgan fingerprint density at radius 1 is 1.29 bits per heavy atom. The van der Waals surface area contributed by atoms with Gasteiger partial charge in [0.05, 0.1) is 29.7 Å². The molecule has 1 aliphatic carbocycles. The Hall–Kier alpha value is -3.40. The molecule has 162 valence electrons. The number of aliphatic hydroxyl groups excluding tert-OH is 1. The molecule has 0 bridgehead atoms. The van der Waals surface area contributed by atoms with Crippen LogP contribution in [0.2, 0.25) is 0 Å². The van der Waals surface area contributed by atoms with E-state index in [2.05, 4.69) is 49.4 Å². The van der Waals surface area contributed by atoms with Crippen molar-refractivity contribution in [1.82, 2.24) is 24.7 Å². The van der Waals surface area contributed by atoms with Crippen molar-refractivity contribution < 1.29 is 5.11 Å². The fourth-order valence-electron chi connectivity index (χ4n) is 3.98. The van der Waals surface area contributed by atoms with Gasteiger partial charge in [-0.05, 0) is 38.7 Å². The number of hydrogen-bond acceptors (Lipinski definition) is 9. The average molecular weight is 422 g/mol. The Morgan fingerprint density at radius 3 is 2.87 bits per heavy atom. The van der Waals surface area contributed by atoms with Crippen molar-refractivity contribution in [2.24, 2.45) is 5.92 Å². The van der Waals surface area contributed by atoms with E-state index in [1.165, 1.54) is 12.8 Å². The summed E-state index contributed by atoms with van der Waals surface area (Å²) < 4.78 is 1.89. The SMILES string of the molecule is CC(C)N1c2cc(Nc3ccnc(-c4cn(CC5CC5)nc4N)n3)ncc2NC1CO. The maximum atomic E-state index is 9.70. The summed E-state index contributed by atoms with van der Waals surface area (Å²) in [7, 11) is 0. The molecule has 0 spiro atoms. The molecule has 31 heavy (non-hydrogen) atoms. The van der Waals surface area contributed by atoms with E-state index in [4.69, 9.17) is 5.73 Å². The van der Waals surface area contributed by atoms with Gasteiger partial charge in [0.15, 0.2) is 11.6 Å². The summed E-state index contributed by atoms with van der Waals surface area (Å²) in [6.07, 6.45) is 7.72. The van der Waals surface area contributed by atoms with Crippen molar-refractivity contribution in [3.63, 3.8) is 0 Å². The number of hydrogen-bond donors (Lipinski definition) is 4. The first kappa shape index (κ1) is 19.6. The van der Waals surface area contributed by atoms with Crippen LogP contribution in [0.1, 0.15) is 26.7 Å². The Kier molecular flexibility index (Phi) is 4.85. The van der Waals surface area contributed by atoms with E-state index in [0.717, 1.165) is 23.5 Å². The number of nitrogens with zero attached hydrogens (tertiary/aromatic N) is 6. The van der Waals surface area contributed by atoms with Crippen molar-refractivity contribution in [3.8, 4) is 11.4 Å². The molecule has 3 aromatic rings. The molecule has 4 heterocycles. The maximum absolute atomic E-state index is 9.70. The zero-order valence-electron chi connectivity index (χ0n) is 17.7. The molecular weight excluding hydrogens is 394 g/mol. The summed E-state index contributed by atoms with van der Waals surface area (Å²) in [5.41, 5.74) is 8.75. The van der Waals surface area contributed by atoms with Crippen LogP contribution in [0.5, 0.6) is 0 Å². The lowest BCUT2D eigenvalue weighted by Gasteiger charge is -2.29. The normalized spacial score (nSPS) is 17.7. The Labute approximate surface area is 180 Å². The highest BCUT2D eigenvalue weighted by Gasteiger charge is 2.30. The molecule has 3 aromatic heterocycles. The lowest BCUT2D eigenvalue weighted by atomic mass is 10.2. The van der Waals surface area contributed by atoms with E-state index in [-0.39, 0.29) is 18.8 Å². The standard InChI is InChI=1S/C21H27N9O/c1-12(2)30-16-7-18(24-8-15(16)25-19(30)11-31)26-17-5-6-23-21(27-17)14-10-29(28-20(14)22)9-13-3-4-13/h5-8,10,12-13,19,25,31H,3-4,9,11H2,1-2H3,(H2,22,28)(H,23,24,26,27). The van der Waals surface area contributed by atoms with Gasteiger partial charge < -0.3 is 26.4 Å².